The van der Waals surface area contributed by atoms with Crippen LogP contribution in [-0.2, 0) is 0 Å². The molecule has 2 fully saturated rings. The van der Waals surface area contributed by atoms with Crippen molar-refractivity contribution in [2.45, 2.75) is 58.7 Å². The van der Waals surface area contributed by atoms with Gasteiger partial charge in [0.1, 0.15) is 11.9 Å². The van der Waals surface area contributed by atoms with Gasteiger partial charge in [0, 0.05) is 23.1 Å². The maximum Gasteiger partial charge on any atom is 0.254 e. The third-order valence-electron chi connectivity index (χ3n) is 6.95. The Morgan fingerprint density at radius 3 is 2.59 bits per heavy atom. The molecule has 170 valence electrons. The van der Waals surface area contributed by atoms with Gasteiger partial charge >= 0.3 is 0 Å². The van der Waals surface area contributed by atoms with Crippen LogP contribution in [0, 0.1) is 17.4 Å². The van der Waals surface area contributed by atoms with Gasteiger partial charge < -0.3 is 15.4 Å². The second-order valence-electron chi connectivity index (χ2n) is 9.96. The zero-order valence-corrected chi connectivity index (χ0v) is 19.7. The Kier molecular flexibility index (Phi) is 5.95. The minimum absolute atomic E-state index is 0.0762. The first kappa shape index (κ1) is 22.6. The van der Waals surface area contributed by atoms with Crippen LogP contribution < -0.4 is 15.4 Å². The van der Waals surface area contributed by atoms with Crippen LogP contribution in [0.2, 0.25) is 5.02 Å². The van der Waals surface area contributed by atoms with Gasteiger partial charge in [0.05, 0.1) is 29.4 Å². The van der Waals surface area contributed by atoms with Crippen molar-refractivity contribution < 1.29 is 9.53 Å². The maximum atomic E-state index is 13.0. The minimum atomic E-state index is -0.296. The molecule has 2 aromatic rings. The standard InChI is InChI=1S/C24H30ClN5O2/c1-23(2)21(24(3,4)22(23)32-17-6-7-19(26-5)18(25)12-17)29-20(31)15-13-28-30(14-15)16-8-10-27-11-9-16/h6-7,12-14,16,21-22,27H,8-11H2,1-4H3,(H,29,31). The highest BCUT2D eigenvalue weighted by Gasteiger charge is 2.64. The van der Waals surface area contributed by atoms with Crippen LogP contribution in [0.15, 0.2) is 30.6 Å². The topological polar surface area (TPSA) is 72.5 Å². The molecular formula is C24H30ClN5O2. The Balaban J connectivity index is 1.44. The molecule has 4 rings (SSSR count). The zero-order chi connectivity index (χ0) is 23.1. The van der Waals surface area contributed by atoms with E-state index in [0.717, 1.165) is 25.9 Å². The fourth-order valence-electron chi connectivity index (χ4n) is 5.53. The number of halogens is 1. The third kappa shape index (κ3) is 3.98. The Bertz CT molecular complexity index is 1030. The number of aromatic nitrogens is 2. The molecule has 2 heterocycles. The number of hydrogen-bond donors (Lipinski definition) is 2. The first-order valence-electron chi connectivity index (χ1n) is 11.0. The predicted molar refractivity (Wildman–Crippen MR) is 124 cm³/mol. The van der Waals surface area contributed by atoms with Crippen LogP contribution in [0.4, 0.5) is 5.69 Å². The van der Waals surface area contributed by atoms with Crippen molar-refractivity contribution in [1.29, 1.82) is 0 Å². The Hall–Kier alpha value is -2.56. The SMILES string of the molecule is [C-]#[N+]c1ccc(OC2C(C)(C)C(NC(=O)c3cnn(C4CCNCC4)c3)C2(C)C)cc1Cl. The fraction of sp³-hybridized carbons (Fsp3) is 0.542. The highest BCUT2D eigenvalue weighted by molar-refractivity contribution is 6.33. The number of carbonyl (C=O) groups excluding carboxylic acids is 1. The Labute approximate surface area is 194 Å². The van der Waals surface area contributed by atoms with Crippen molar-refractivity contribution >= 4 is 23.2 Å². The molecule has 8 heteroatoms. The van der Waals surface area contributed by atoms with Gasteiger partial charge in [-0.05, 0) is 38.1 Å². The zero-order valence-electron chi connectivity index (χ0n) is 19.0. The van der Waals surface area contributed by atoms with Gasteiger partial charge in [0.15, 0.2) is 0 Å². The van der Waals surface area contributed by atoms with E-state index in [4.69, 9.17) is 22.9 Å². The summed E-state index contributed by atoms with van der Waals surface area (Å²) in [4.78, 5) is 16.4. The maximum absolute atomic E-state index is 13.0. The van der Waals surface area contributed by atoms with E-state index in [1.165, 1.54) is 0 Å². The van der Waals surface area contributed by atoms with Crippen molar-refractivity contribution in [3.8, 4) is 5.75 Å². The minimum Gasteiger partial charge on any atom is -0.489 e. The quantitative estimate of drug-likeness (QED) is 0.645. The molecule has 2 N–H and O–H groups in total. The van der Waals surface area contributed by atoms with E-state index in [1.54, 1.807) is 24.4 Å². The lowest BCUT2D eigenvalue weighted by Crippen LogP contribution is -2.74. The summed E-state index contributed by atoms with van der Waals surface area (Å²) in [6, 6.07) is 5.39. The number of ether oxygens (including phenoxy) is 1. The molecule has 2 aliphatic rings. The van der Waals surface area contributed by atoms with E-state index in [9.17, 15) is 4.79 Å². The smallest absolute Gasteiger partial charge is 0.254 e. The lowest BCUT2D eigenvalue weighted by Gasteiger charge is -2.63. The van der Waals surface area contributed by atoms with Crippen molar-refractivity contribution in [2.75, 3.05) is 13.1 Å². The summed E-state index contributed by atoms with van der Waals surface area (Å²) in [6.07, 6.45) is 5.42. The van der Waals surface area contributed by atoms with E-state index in [1.807, 2.05) is 10.9 Å². The summed E-state index contributed by atoms with van der Waals surface area (Å²) < 4.78 is 8.23. The van der Waals surface area contributed by atoms with Crippen LogP contribution in [0.5, 0.6) is 5.75 Å². The monoisotopic (exact) mass is 455 g/mol. The molecule has 1 aliphatic carbocycles. The molecule has 1 saturated heterocycles. The number of piperidine rings is 1. The van der Waals surface area contributed by atoms with Crippen LogP contribution >= 0.6 is 11.6 Å². The first-order valence-corrected chi connectivity index (χ1v) is 11.4. The molecule has 1 aromatic heterocycles. The largest absolute Gasteiger partial charge is 0.489 e. The second kappa shape index (κ2) is 8.42. The van der Waals surface area contributed by atoms with E-state index in [0.29, 0.717) is 28.1 Å². The van der Waals surface area contributed by atoms with Crippen molar-refractivity contribution in [3.05, 3.63) is 52.6 Å². The van der Waals surface area contributed by atoms with Crippen LogP contribution in [0.25, 0.3) is 4.85 Å². The number of benzene rings is 1. The summed E-state index contributed by atoms with van der Waals surface area (Å²) in [5, 5.41) is 11.4. The summed E-state index contributed by atoms with van der Waals surface area (Å²) >= 11 is 6.18. The van der Waals surface area contributed by atoms with Gasteiger partial charge in [-0.3, -0.25) is 9.48 Å². The molecule has 7 nitrogen and oxygen atoms in total. The molecule has 0 unspecified atom stereocenters. The van der Waals surface area contributed by atoms with Gasteiger partial charge in [0.2, 0.25) is 5.69 Å². The molecule has 32 heavy (non-hydrogen) atoms. The lowest BCUT2D eigenvalue weighted by molar-refractivity contribution is -0.164. The Morgan fingerprint density at radius 2 is 1.97 bits per heavy atom. The molecule has 1 saturated carbocycles. The number of carbonyl (C=O) groups is 1. The van der Waals surface area contributed by atoms with E-state index < -0.39 is 0 Å². The summed E-state index contributed by atoms with van der Waals surface area (Å²) in [5.41, 5.74) is 0.395. The molecule has 1 amide bonds. The predicted octanol–water partition coefficient (Wildman–Crippen LogP) is 4.62. The van der Waals surface area contributed by atoms with Gasteiger partial charge in [-0.15, -0.1) is 0 Å². The molecule has 0 bridgehead atoms. The van der Waals surface area contributed by atoms with Crippen molar-refractivity contribution in [3.63, 3.8) is 0 Å². The molecular weight excluding hydrogens is 426 g/mol. The van der Waals surface area contributed by atoms with E-state index in [-0.39, 0.29) is 28.9 Å². The number of nitrogens with zero attached hydrogens (tertiary/aromatic N) is 3. The number of nitrogens with one attached hydrogen (secondary N) is 2. The van der Waals surface area contributed by atoms with Crippen LogP contribution in [0.1, 0.15) is 56.9 Å². The molecule has 0 spiro atoms. The summed E-state index contributed by atoms with van der Waals surface area (Å²) in [7, 11) is 0. The van der Waals surface area contributed by atoms with Gasteiger partial charge in [-0.1, -0.05) is 45.4 Å². The second-order valence-corrected chi connectivity index (χ2v) is 10.4. The molecule has 1 aliphatic heterocycles. The van der Waals surface area contributed by atoms with E-state index >= 15 is 0 Å². The summed E-state index contributed by atoms with van der Waals surface area (Å²) in [5.74, 6) is 0.515. The lowest BCUT2D eigenvalue weighted by atomic mass is 9.49. The van der Waals surface area contributed by atoms with Crippen LogP contribution in [-0.4, -0.2) is 40.9 Å². The normalized spacial score (nSPS) is 24.2. The van der Waals surface area contributed by atoms with Crippen LogP contribution in [0.3, 0.4) is 0 Å². The molecule has 0 atom stereocenters. The highest BCUT2D eigenvalue weighted by atomic mass is 35.5. The van der Waals surface area contributed by atoms with Gasteiger partial charge in [-0.2, -0.15) is 5.10 Å². The molecule has 1 aromatic carbocycles. The fourth-order valence-corrected chi connectivity index (χ4v) is 5.74. The molecule has 0 radical (unpaired) electrons. The van der Waals surface area contributed by atoms with Gasteiger partial charge in [-0.25, -0.2) is 4.85 Å². The average Bonchev–Trinajstić information content (AvgIpc) is 3.26. The van der Waals surface area contributed by atoms with Crippen molar-refractivity contribution in [1.82, 2.24) is 20.4 Å². The average molecular weight is 456 g/mol. The Morgan fingerprint density at radius 1 is 1.28 bits per heavy atom. The summed E-state index contributed by atoms with van der Waals surface area (Å²) in [6.45, 7) is 17.5. The number of amides is 1. The highest BCUT2D eigenvalue weighted by Crippen LogP contribution is 2.55. The van der Waals surface area contributed by atoms with E-state index in [2.05, 4.69) is 48.3 Å². The number of rotatable bonds is 5. The number of hydrogen-bond acceptors (Lipinski definition) is 4. The first-order chi connectivity index (χ1) is 15.1. The van der Waals surface area contributed by atoms with Gasteiger partial charge in [0.25, 0.3) is 5.91 Å². The third-order valence-corrected chi connectivity index (χ3v) is 7.26. The van der Waals surface area contributed by atoms with Crippen molar-refractivity contribution in [2.24, 2.45) is 10.8 Å².